The summed E-state index contributed by atoms with van der Waals surface area (Å²) in [6.45, 7) is 5.25. The number of hydrogen-bond acceptors (Lipinski definition) is 2. The third-order valence-corrected chi connectivity index (χ3v) is 2.74. The summed E-state index contributed by atoms with van der Waals surface area (Å²) in [7, 11) is 0. The molecule has 106 valence electrons. The van der Waals surface area contributed by atoms with E-state index in [0.29, 0.717) is 12.1 Å². The van der Waals surface area contributed by atoms with Gasteiger partial charge in [-0.3, -0.25) is 0 Å². The van der Waals surface area contributed by atoms with E-state index in [4.69, 9.17) is 4.74 Å². The number of halogens is 4. The Balaban J connectivity index is 3.00. The fourth-order valence-corrected chi connectivity index (χ4v) is 1.24. The summed E-state index contributed by atoms with van der Waals surface area (Å²) < 4.78 is 55.5. The van der Waals surface area contributed by atoms with Crippen LogP contribution in [0.2, 0.25) is 0 Å². The summed E-state index contributed by atoms with van der Waals surface area (Å²) in [6.07, 6.45) is -5.28. The summed E-state index contributed by atoms with van der Waals surface area (Å²) in [6, 6.07) is 2.05. The molecule has 0 heterocycles. The van der Waals surface area contributed by atoms with E-state index in [2.05, 4.69) is 0 Å². The summed E-state index contributed by atoms with van der Waals surface area (Å²) >= 11 is 0. The Bertz CT molecular complexity index is 466. The zero-order valence-corrected chi connectivity index (χ0v) is 10.7. The van der Waals surface area contributed by atoms with Gasteiger partial charge in [0.15, 0.2) is 0 Å². The molecule has 0 fully saturated rings. The zero-order valence-electron chi connectivity index (χ0n) is 10.7. The first-order valence-electron chi connectivity index (χ1n) is 5.70. The van der Waals surface area contributed by atoms with E-state index >= 15 is 0 Å². The summed E-state index contributed by atoms with van der Waals surface area (Å²) in [5, 5.41) is 0. The van der Waals surface area contributed by atoms with Gasteiger partial charge in [0.25, 0.3) is 0 Å². The van der Waals surface area contributed by atoms with E-state index in [-0.39, 0.29) is 11.5 Å². The average molecular weight is 278 g/mol. The minimum absolute atomic E-state index is 0.0338. The Morgan fingerprint density at radius 1 is 1.21 bits per heavy atom. The van der Waals surface area contributed by atoms with Crippen LogP contribution < -0.4 is 0 Å². The van der Waals surface area contributed by atoms with Gasteiger partial charge in [0.1, 0.15) is 11.9 Å². The molecule has 0 radical (unpaired) electrons. The number of benzene rings is 1. The van der Waals surface area contributed by atoms with E-state index in [1.165, 1.54) is 0 Å². The van der Waals surface area contributed by atoms with Gasteiger partial charge >= 0.3 is 12.1 Å². The van der Waals surface area contributed by atoms with Crippen LogP contribution in [-0.4, -0.2) is 12.1 Å². The third kappa shape index (κ3) is 3.94. The van der Waals surface area contributed by atoms with Crippen molar-refractivity contribution in [2.24, 2.45) is 5.92 Å². The van der Waals surface area contributed by atoms with Crippen LogP contribution in [0.3, 0.4) is 0 Å². The average Bonchev–Trinajstić information content (AvgIpc) is 2.27. The predicted octanol–water partition coefficient (Wildman–Crippen LogP) is 4.05. The van der Waals surface area contributed by atoms with Crippen LogP contribution in [0, 0.1) is 11.7 Å². The molecule has 0 aliphatic heterocycles. The fourth-order valence-electron chi connectivity index (χ4n) is 1.24. The van der Waals surface area contributed by atoms with Gasteiger partial charge in [0, 0.05) is 0 Å². The molecule has 1 aromatic rings. The van der Waals surface area contributed by atoms with Crippen molar-refractivity contribution in [2.75, 3.05) is 0 Å². The largest absolute Gasteiger partial charge is 0.459 e. The molecule has 0 N–H and O–H groups in total. The van der Waals surface area contributed by atoms with E-state index in [9.17, 15) is 22.4 Å². The quantitative estimate of drug-likeness (QED) is 0.616. The molecule has 19 heavy (non-hydrogen) atoms. The molecule has 0 saturated carbocycles. The van der Waals surface area contributed by atoms with E-state index < -0.39 is 29.6 Å². The first-order chi connectivity index (χ1) is 8.62. The van der Waals surface area contributed by atoms with Crippen LogP contribution in [-0.2, 0) is 10.9 Å². The molecular weight excluding hydrogens is 264 g/mol. The number of rotatable bonds is 3. The zero-order chi connectivity index (χ0) is 14.8. The molecule has 0 spiro atoms. The van der Waals surface area contributed by atoms with Crippen LogP contribution in [0.15, 0.2) is 18.2 Å². The summed E-state index contributed by atoms with van der Waals surface area (Å²) in [5.41, 5.74) is -1.79. The molecule has 0 aliphatic carbocycles. The van der Waals surface area contributed by atoms with Crippen molar-refractivity contribution in [3.05, 3.63) is 35.1 Å². The first kappa shape index (κ1) is 15.5. The fraction of sp³-hybridized carbons (Fsp3) is 0.462. The second-order valence-corrected chi connectivity index (χ2v) is 4.55. The van der Waals surface area contributed by atoms with E-state index in [1.54, 1.807) is 6.92 Å². The highest BCUT2D eigenvalue weighted by Crippen LogP contribution is 2.32. The first-order valence-corrected chi connectivity index (χ1v) is 5.70. The maximum Gasteiger partial charge on any atom is 0.419 e. The molecule has 1 aromatic carbocycles. The Labute approximate surface area is 108 Å². The van der Waals surface area contributed by atoms with Crippen molar-refractivity contribution in [1.82, 2.24) is 0 Å². The van der Waals surface area contributed by atoms with Crippen LogP contribution in [0.25, 0.3) is 0 Å². The Hall–Kier alpha value is -1.59. The number of carbonyl (C=O) groups is 1. The van der Waals surface area contributed by atoms with Gasteiger partial charge in [-0.1, -0.05) is 13.8 Å². The standard InChI is InChI=1S/C13H14F4O2/c1-7(2)8(3)19-12(18)9-4-5-11(14)10(6-9)13(15,16)17/h4-8H,1-3H3. The van der Waals surface area contributed by atoms with Crippen molar-refractivity contribution < 1.29 is 27.1 Å². The Morgan fingerprint density at radius 2 is 1.79 bits per heavy atom. The van der Waals surface area contributed by atoms with Crippen molar-refractivity contribution in [3.63, 3.8) is 0 Å². The highest BCUT2D eigenvalue weighted by Gasteiger charge is 2.35. The highest BCUT2D eigenvalue weighted by molar-refractivity contribution is 5.89. The van der Waals surface area contributed by atoms with E-state index in [1.807, 2.05) is 13.8 Å². The van der Waals surface area contributed by atoms with Gasteiger partial charge in [0.05, 0.1) is 11.1 Å². The molecule has 1 rings (SSSR count). The minimum Gasteiger partial charge on any atom is -0.459 e. The molecule has 0 amide bonds. The van der Waals surface area contributed by atoms with Gasteiger partial charge in [-0.25, -0.2) is 9.18 Å². The van der Waals surface area contributed by atoms with Gasteiger partial charge in [-0.05, 0) is 31.0 Å². The van der Waals surface area contributed by atoms with Crippen LogP contribution >= 0.6 is 0 Å². The molecular formula is C13H14F4O2. The number of ether oxygens (including phenoxy) is 1. The van der Waals surface area contributed by atoms with Crippen LogP contribution in [0.4, 0.5) is 17.6 Å². The van der Waals surface area contributed by atoms with Crippen molar-refractivity contribution >= 4 is 5.97 Å². The van der Waals surface area contributed by atoms with Gasteiger partial charge < -0.3 is 4.74 Å². The van der Waals surface area contributed by atoms with Crippen molar-refractivity contribution in [3.8, 4) is 0 Å². The smallest absolute Gasteiger partial charge is 0.419 e. The maximum atomic E-state index is 13.0. The molecule has 1 atom stereocenters. The molecule has 6 heteroatoms. The summed E-state index contributed by atoms with van der Waals surface area (Å²) in [4.78, 5) is 11.6. The van der Waals surface area contributed by atoms with Gasteiger partial charge in [0.2, 0.25) is 0 Å². The van der Waals surface area contributed by atoms with Crippen molar-refractivity contribution in [1.29, 1.82) is 0 Å². The number of alkyl halides is 3. The lowest BCUT2D eigenvalue weighted by atomic mass is 10.1. The molecule has 2 nitrogen and oxygen atoms in total. The molecule has 0 aliphatic rings. The topological polar surface area (TPSA) is 26.3 Å². The Kier molecular flexibility index (Phi) is 4.55. The number of carbonyl (C=O) groups excluding carboxylic acids is 1. The minimum atomic E-state index is -4.84. The lowest BCUT2D eigenvalue weighted by molar-refractivity contribution is -0.140. The van der Waals surface area contributed by atoms with Crippen molar-refractivity contribution in [2.45, 2.75) is 33.1 Å². The second kappa shape index (κ2) is 5.59. The van der Waals surface area contributed by atoms with Crippen LogP contribution in [0.5, 0.6) is 0 Å². The van der Waals surface area contributed by atoms with E-state index in [0.717, 1.165) is 6.07 Å². The number of esters is 1. The maximum absolute atomic E-state index is 13.0. The lowest BCUT2D eigenvalue weighted by Crippen LogP contribution is -2.20. The molecule has 1 unspecified atom stereocenters. The lowest BCUT2D eigenvalue weighted by Gasteiger charge is -2.17. The molecule has 0 bridgehead atoms. The van der Waals surface area contributed by atoms with Gasteiger partial charge in [-0.15, -0.1) is 0 Å². The predicted molar refractivity (Wildman–Crippen MR) is 61.1 cm³/mol. The number of hydrogen-bond donors (Lipinski definition) is 0. The van der Waals surface area contributed by atoms with Gasteiger partial charge in [-0.2, -0.15) is 13.2 Å². The summed E-state index contributed by atoms with van der Waals surface area (Å²) in [5.74, 6) is -2.28. The monoisotopic (exact) mass is 278 g/mol. The normalized spacial score (nSPS) is 13.5. The highest BCUT2D eigenvalue weighted by atomic mass is 19.4. The Morgan fingerprint density at radius 3 is 2.26 bits per heavy atom. The molecule has 0 saturated heterocycles. The van der Waals surface area contributed by atoms with Crippen LogP contribution in [0.1, 0.15) is 36.7 Å². The molecule has 0 aromatic heterocycles. The SMILES string of the molecule is CC(C)C(C)OC(=O)c1ccc(F)c(C(F)(F)F)c1. The second-order valence-electron chi connectivity index (χ2n) is 4.55. The third-order valence-electron chi connectivity index (χ3n) is 2.74.